The van der Waals surface area contributed by atoms with Crippen LogP contribution in [0.2, 0.25) is 0 Å². The van der Waals surface area contributed by atoms with Crippen molar-refractivity contribution < 1.29 is 9.53 Å². The molecule has 0 aliphatic carbocycles. The third-order valence-electron chi connectivity index (χ3n) is 4.77. The highest BCUT2D eigenvalue weighted by Gasteiger charge is 2.31. The number of carbonyl (C=O) groups is 1. The molecule has 1 aromatic rings. The lowest BCUT2D eigenvalue weighted by Crippen LogP contribution is -2.57. The second kappa shape index (κ2) is 7.98. The van der Waals surface area contributed by atoms with Gasteiger partial charge in [0.1, 0.15) is 0 Å². The number of nitrogens with one attached hydrogen (secondary N) is 1. The Hall–Kier alpha value is -1.60. The minimum absolute atomic E-state index is 0.0284. The van der Waals surface area contributed by atoms with Crippen LogP contribution in [-0.2, 0) is 11.3 Å². The number of urea groups is 1. The zero-order valence-corrected chi connectivity index (χ0v) is 15.8. The molecule has 1 aliphatic heterocycles. The molecule has 2 heterocycles. The summed E-state index contributed by atoms with van der Waals surface area (Å²) < 4.78 is 7.00. The van der Waals surface area contributed by atoms with E-state index in [0.717, 1.165) is 36.7 Å². The number of aryl methyl sites for hydroxylation is 1. The molecule has 1 aromatic heterocycles. The number of ether oxygens (including phenoxy) is 1. The summed E-state index contributed by atoms with van der Waals surface area (Å²) in [6, 6.07) is 0.201. The zero-order chi connectivity index (χ0) is 17.9. The smallest absolute Gasteiger partial charge is 0.322 e. The quantitative estimate of drug-likeness (QED) is 0.892. The monoisotopic (exact) mass is 337 g/mol. The summed E-state index contributed by atoms with van der Waals surface area (Å²) in [7, 11) is 3.78. The molecular weight excluding hydrogens is 306 g/mol. The first-order chi connectivity index (χ1) is 11.3. The summed E-state index contributed by atoms with van der Waals surface area (Å²) in [6.45, 7) is 12.1. The number of methoxy groups -OCH3 is 1. The van der Waals surface area contributed by atoms with Crippen LogP contribution in [0.15, 0.2) is 0 Å². The Balaban J connectivity index is 2.12. The van der Waals surface area contributed by atoms with E-state index in [9.17, 15) is 4.79 Å². The highest BCUT2D eigenvalue weighted by Crippen LogP contribution is 2.22. The number of amides is 2. The molecule has 1 saturated heterocycles. The van der Waals surface area contributed by atoms with Crippen molar-refractivity contribution >= 4 is 11.7 Å². The Morgan fingerprint density at radius 2 is 2.08 bits per heavy atom. The Morgan fingerprint density at radius 1 is 1.38 bits per heavy atom. The Morgan fingerprint density at radius 3 is 2.71 bits per heavy atom. The Kier molecular flexibility index (Phi) is 6.23. The van der Waals surface area contributed by atoms with Gasteiger partial charge in [0, 0.05) is 32.8 Å². The molecular formula is C17H31N5O2. The normalized spacial score (nSPS) is 19.1. The lowest BCUT2D eigenvalue weighted by Gasteiger charge is -2.42. The lowest BCUT2D eigenvalue weighted by atomic mass is 10.0. The van der Waals surface area contributed by atoms with Crippen molar-refractivity contribution in [2.45, 2.75) is 40.3 Å². The van der Waals surface area contributed by atoms with Crippen LogP contribution in [0.4, 0.5) is 10.5 Å². The number of carbonyl (C=O) groups excluding carboxylic acids is 1. The zero-order valence-electron chi connectivity index (χ0n) is 15.8. The van der Waals surface area contributed by atoms with Gasteiger partial charge in [0.15, 0.2) is 0 Å². The van der Waals surface area contributed by atoms with E-state index in [1.807, 2.05) is 23.4 Å². The molecule has 0 spiro atoms. The van der Waals surface area contributed by atoms with Gasteiger partial charge in [-0.3, -0.25) is 4.68 Å². The molecule has 7 heteroatoms. The predicted molar refractivity (Wildman–Crippen MR) is 95.4 cm³/mol. The van der Waals surface area contributed by atoms with Gasteiger partial charge in [0.25, 0.3) is 0 Å². The van der Waals surface area contributed by atoms with Gasteiger partial charge in [-0.1, -0.05) is 13.8 Å². The van der Waals surface area contributed by atoms with Crippen LogP contribution < -0.4 is 5.32 Å². The summed E-state index contributed by atoms with van der Waals surface area (Å²) in [6.07, 6.45) is 0. The highest BCUT2D eigenvalue weighted by molar-refractivity contribution is 5.91. The first kappa shape index (κ1) is 18.7. The standard InChI is InChI=1S/C17H31N5O2/c1-12(2)15-11-20(5)7-8-21(15)17(23)18-16-13(3)19-22(14(16)4)9-10-24-6/h12,15H,7-11H2,1-6H3,(H,18,23)/t15-/m0/s1. The number of nitrogens with zero attached hydrogens (tertiary/aromatic N) is 4. The summed E-state index contributed by atoms with van der Waals surface area (Å²) in [5, 5.41) is 7.60. The van der Waals surface area contributed by atoms with Gasteiger partial charge in [-0.15, -0.1) is 0 Å². The van der Waals surface area contributed by atoms with Crippen molar-refractivity contribution in [3.05, 3.63) is 11.4 Å². The van der Waals surface area contributed by atoms with Crippen molar-refractivity contribution in [3.63, 3.8) is 0 Å². The third-order valence-corrected chi connectivity index (χ3v) is 4.77. The molecule has 0 radical (unpaired) electrons. The lowest BCUT2D eigenvalue weighted by molar-refractivity contribution is 0.0922. The van der Waals surface area contributed by atoms with E-state index in [-0.39, 0.29) is 12.1 Å². The van der Waals surface area contributed by atoms with Crippen LogP contribution in [0, 0.1) is 19.8 Å². The van der Waals surface area contributed by atoms with Crippen molar-refractivity contribution in [1.82, 2.24) is 19.6 Å². The molecule has 1 aliphatic rings. The number of piperazine rings is 1. The molecule has 1 fully saturated rings. The maximum Gasteiger partial charge on any atom is 0.322 e. The summed E-state index contributed by atoms with van der Waals surface area (Å²) >= 11 is 0. The maximum absolute atomic E-state index is 12.9. The second-order valence-electron chi connectivity index (χ2n) is 6.96. The average Bonchev–Trinajstić information content (AvgIpc) is 2.80. The Labute approximate surface area is 144 Å². The second-order valence-corrected chi connectivity index (χ2v) is 6.96. The third kappa shape index (κ3) is 4.08. The largest absolute Gasteiger partial charge is 0.383 e. The molecule has 0 bridgehead atoms. The van der Waals surface area contributed by atoms with Gasteiger partial charge >= 0.3 is 6.03 Å². The van der Waals surface area contributed by atoms with E-state index in [2.05, 4.69) is 36.2 Å². The highest BCUT2D eigenvalue weighted by atomic mass is 16.5. The van der Waals surface area contributed by atoms with E-state index in [1.165, 1.54) is 0 Å². The van der Waals surface area contributed by atoms with E-state index in [1.54, 1.807) is 7.11 Å². The molecule has 0 aromatic carbocycles. The first-order valence-electron chi connectivity index (χ1n) is 8.64. The molecule has 2 rings (SSSR count). The van der Waals surface area contributed by atoms with Gasteiger partial charge in [-0.25, -0.2) is 4.79 Å². The van der Waals surface area contributed by atoms with Crippen LogP contribution in [0.5, 0.6) is 0 Å². The molecule has 136 valence electrons. The van der Waals surface area contributed by atoms with Crippen LogP contribution in [0.25, 0.3) is 0 Å². The fourth-order valence-electron chi connectivity index (χ4n) is 3.23. The van der Waals surface area contributed by atoms with E-state index in [4.69, 9.17) is 4.74 Å². The van der Waals surface area contributed by atoms with Gasteiger partial charge in [0.05, 0.1) is 30.2 Å². The number of aromatic nitrogens is 2. The predicted octanol–water partition coefficient (Wildman–Crippen LogP) is 1.95. The summed E-state index contributed by atoms with van der Waals surface area (Å²) in [4.78, 5) is 17.1. The first-order valence-corrected chi connectivity index (χ1v) is 8.64. The molecule has 1 atom stereocenters. The van der Waals surface area contributed by atoms with Crippen LogP contribution in [0.3, 0.4) is 0 Å². The van der Waals surface area contributed by atoms with Crippen molar-refractivity contribution in [1.29, 1.82) is 0 Å². The van der Waals surface area contributed by atoms with Gasteiger partial charge in [-0.2, -0.15) is 5.10 Å². The molecule has 24 heavy (non-hydrogen) atoms. The maximum atomic E-state index is 12.9. The van der Waals surface area contributed by atoms with Gasteiger partial charge < -0.3 is 19.9 Å². The van der Waals surface area contributed by atoms with Crippen LogP contribution >= 0.6 is 0 Å². The fourth-order valence-corrected chi connectivity index (χ4v) is 3.23. The Bertz CT molecular complexity index is 570. The van der Waals surface area contributed by atoms with E-state index >= 15 is 0 Å². The molecule has 0 unspecified atom stereocenters. The SMILES string of the molecule is COCCn1nc(C)c(NC(=O)N2CCN(C)C[C@H]2C(C)C)c1C. The van der Waals surface area contributed by atoms with Crippen molar-refractivity contribution in [2.75, 3.05) is 45.7 Å². The summed E-state index contributed by atoms with van der Waals surface area (Å²) in [5.41, 5.74) is 2.62. The van der Waals surface area contributed by atoms with Gasteiger partial charge in [-0.05, 0) is 26.8 Å². The van der Waals surface area contributed by atoms with Gasteiger partial charge in [0.2, 0.25) is 0 Å². The molecule has 1 N–H and O–H groups in total. The topological polar surface area (TPSA) is 62.6 Å². The number of likely N-dealkylation sites (N-methyl/N-ethyl adjacent to an activating group) is 1. The molecule has 0 saturated carbocycles. The molecule has 2 amide bonds. The van der Waals surface area contributed by atoms with Crippen LogP contribution in [0.1, 0.15) is 25.2 Å². The van der Waals surface area contributed by atoms with Crippen LogP contribution in [-0.4, -0.2) is 72.1 Å². The van der Waals surface area contributed by atoms with E-state index < -0.39 is 0 Å². The average molecular weight is 337 g/mol. The minimum atomic E-state index is -0.0284. The minimum Gasteiger partial charge on any atom is -0.383 e. The molecule has 7 nitrogen and oxygen atoms in total. The number of anilines is 1. The number of hydrogen-bond acceptors (Lipinski definition) is 4. The van der Waals surface area contributed by atoms with Crippen molar-refractivity contribution in [2.24, 2.45) is 5.92 Å². The van der Waals surface area contributed by atoms with Crippen molar-refractivity contribution in [3.8, 4) is 0 Å². The number of rotatable bonds is 5. The summed E-state index contributed by atoms with van der Waals surface area (Å²) in [5.74, 6) is 0.421. The number of hydrogen-bond donors (Lipinski definition) is 1. The van der Waals surface area contributed by atoms with E-state index in [0.29, 0.717) is 19.1 Å². The fraction of sp³-hybridized carbons (Fsp3) is 0.765.